The summed E-state index contributed by atoms with van der Waals surface area (Å²) in [6.45, 7) is 1.81. The number of aryl methyl sites for hydroxylation is 1. The van der Waals surface area contributed by atoms with Gasteiger partial charge < -0.3 is 0 Å². The maximum absolute atomic E-state index is 12.4. The highest BCUT2D eigenvalue weighted by Gasteiger charge is 2.30. The second-order valence-electron chi connectivity index (χ2n) is 3.51. The molecular formula is C12H9F3. The van der Waals surface area contributed by atoms with Crippen LogP contribution in [0.3, 0.4) is 0 Å². The van der Waals surface area contributed by atoms with Crippen LogP contribution in [-0.4, -0.2) is 0 Å². The smallest absolute Gasteiger partial charge is 0.166 e. The Labute approximate surface area is 85.3 Å². The summed E-state index contributed by atoms with van der Waals surface area (Å²) in [7, 11) is 0. The number of hydrogen-bond donors (Lipinski definition) is 0. The predicted octanol–water partition coefficient (Wildman–Crippen LogP) is 4.17. The quantitative estimate of drug-likeness (QED) is 0.612. The molecule has 0 nitrogen and oxygen atoms in total. The van der Waals surface area contributed by atoms with Gasteiger partial charge in [0.2, 0.25) is 0 Å². The monoisotopic (exact) mass is 210 g/mol. The molecule has 78 valence electrons. The highest BCUT2D eigenvalue weighted by atomic mass is 19.4. The lowest BCUT2D eigenvalue weighted by atomic mass is 10.0. The molecule has 0 atom stereocenters. The van der Waals surface area contributed by atoms with Gasteiger partial charge in [0.15, 0.2) is 0 Å². The third kappa shape index (κ3) is 1.82. The lowest BCUT2D eigenvalue weighted by Gasteiger charge is -2.08. The van der Waals surface area contributed by atoms with Crippen molar-refractivity contribution in [2.45, 2.75) is 13.1 Å². The highest BCUT2D eigenvalue weighted by molar-refractivity contribution is 5.86. The lowest BCUT2D eigenvalue weighted by Crippen LogP contribution is -2.04. The van der Waals surface area contributed by atoms with Gasteiger partial charge in [0.1, 0.15) is 0 Å². The summed E-state index contributed by atoms with van der Waals surface area (Å²) in [5.74, 6) is 0. The maximum Gasteiger partial charge on any atom is 0.416 e. The molecule has 0 spiro atoms. The van der Waals surface area contributed by atoms with Crippen LogP contribution in [-0.2, 0) is 6.18 Å². The largest absolute Gasteiger partial charge is 0.416 e. The van der Waals surface area contributed by atoms with Crippen LogP contribution in [0, 0.1) is 6.92 Å². The summed E-state index contributed by atoms with van der Waals surface area (Å²) in [6, 6.07) is 9.27. The first-order chi connectivity index (χ1) is 6.98. The zero-order valence-electron chi connectivity index (χ0n) is 8.10. The molecule has 0 aliphatic heterocycles. The average Bonchev–Trinajstić information content (AvgIpc) is 2.16. The van der Waals surface area contributed by atoms with Crippen LogP contribution in [0.5, 0.6) is 0 Å². The molecule has 2 aromatic carbocycles. The van der Waals surface area contributed by atoms with E-state index in [4.69, 9.17) is 0 Å². The van der Waals surface area contributed by atoms with Crippen LogP contribution in [0.25, 0.3) is 10.8 Å². The number of alkyl halides is 3. The number of rotatable bonds is 0. The van der Waals surface area contributed by atoms with Gasteiger partial charge in [-0.3, -0.25) is 0 Å². The van der Waals surface area contributed by atoms with Crippen LogP contribution in [0.2, 0.25) is 0 Å². The topological polar surface area (TPSA) is 0 Å². The van der Waals surface area contributed by atoms with Crippen molar-refractivity contribution in [3.05, 3.63) is 47.5 Å². The summed E-state index contributed by atoms with van der Waals surface area (Å²) in [5.41, 5.74) is 0.267. The highest BCUT2D eigenvalue weighted by Crippen LogP contribution is 2.32. The molecule has 0 amide bonds. The minimum atomic E-state index is -4.27. The van der Waals surface area contributed by atoms with Gasteiger partial charge >= 0.3 is 6.18 Å². The third-order valence-electron chi connectivity index (χ3n) is 2.43. The molecule has 0 saturated carbocycles. The average molecular weight is 210 g/mol. The van der Waals surface area contributed by atoms with E-state index in [-0.39, 0.29) is 0 Å². The van der Waals surface area contributed by atoms with Gasteiger partial charge in [-0.2, -0.15) is 13.2 Å². The van der Waals surface area contributed by atoms with Gasteiger partial charge in [-0.25, -0.2) is 0 Å². The molecule has 3 heteroatoms. The Balaban J connectivity index is 2.70. The molecule has 2 aromatic rings. The second-order valence-corrected chi connectivity index (χ2v) is 3.51. The molecule has 0 radical (unpaired) electrons. The molecule has 0 heterocycles. The number of hydrogen-bond acceptors (Lipinski definition) is 0. The van der Waals surface area contributed by atoms with E-state index in [0.29, 0.717) is 5.39 Å². The molecule has 15 heavy (non-hydrogen) atoms. The van der Waals surface area contributed by atoms with Gasteiger partial charge in [-0.15, -0.1) is 0 Å². The summed E-state index contributed by atoms with van der Waals surface area (Å²) in [5, 5.41) is 1.50. The molecule has 0 fully saturated rings. The minimum Gasteiger partial charge on any atom is -0.166 e. The zero-order chi connectivity index (χ0) is 11.1. The van der Waals surface area contributed by atoms with E-state index < -0.39 is 11.7 Å². The Hall–Kier alpha value is -1.51. The standard InChI is InChI=1S/C12H9F3/c1-8-3-2-4-9-5-6-10(7-11(8)9)12(13,14)15/h2-7H,1H3. The maximum atomic E-state index is 12.4. The van der Waals surface area contributed by atoms with Crippen LogP contribution >= 0.6 is 0 Å². The number of halogens is 3. The van der Waals surface area contributed by atoms with Gasteiger partial charge in [-0.1, -0.05) is 24.3 Å². The first kappa shape index (κ1) is 10.0. The Bertz CT molecular complexity index is 498. The fourth-order valence-corrected chi connectivity index (χ4v) is 1.61. The summed E-state index contributed by atoms with van der Waals surface area (Å²) in [6.07, 6.45) is -4.27. The lowest BCUT2D eigenvalue weighted by molar-refractivity contribution is -0.137. The van der Waals surface area contributed by atoms with Crippen LogP contribution in [0.1, 0.15) is 11.1 Å². The third-order valence-corrected chi connectivity index (χ3v) is 2.43. The van der Waals surface area contributed by atoms with Crippen molar-refractivity contribution >= 4 is 10.8 Å². The molecule has 0 saturated heterocycles. The van der Waals surface area contributed by atoms with E-state index in [1.165, 1.54) is 12.1 Å². The normalized spacial score (nSPS) is 12.0. The van der Waals surface area contributed by atoms with E-state index in [9.17, 15) is 13.2 Å². The fourth-order valence-electron chi connectivity index (χ4n) is 1.61. The first-order valence-corrected chi connectivity index (χ1v) is 4.55. The molecule has 0 N–H and O–H groups in total. The summed E-state index contributed by atoms with van der Waals surface area (Å²) in [4.78, 5) is 0. The molecule has 0 aliphatic rings. The molecule has 0 aromatic heterocycles. The molecule has 0 bridgehead atoms. The van der Waals surface area contributed by atoms with E-state index in [1.54, 1.807) is 0 Å². The molecular weight excluding hydrogens is 201 g/mol. The summed E-state index contributed by atoms with van der Waals surface area (Å²) >= 11 is 0. The Morgan fingerprint density at radius 2 is 1.73 bits per heavy atom. The zero-order valence-corrected chi connectivity index (χ0v) is 8.10. The van der Waals surface area contributed by atoms with Gasteiger partial charge in [0, 0.05) is 0 Å². The van der Waals surface area contributed by atoms with E-state index in [2.05, 4.69) is 0 Å². The molecule has 2 rings (SSSR count). The van der Waals surface area contributed by atoms with Crippen molar-refractivity contribution in [2.75, 3.05) is 0 Å². The predicted molar refractivity (Wildman–Crippen MR) is 53.7 cm³/mol. The SMILES string of the molecule is Cc1cccc2ccc(C(F)(F)F)cc12. The van der Waals surface area contributed by atoms with Crippen molar-refractivity contribution in [1.29, 1.82) is 0 Å². The van der Waals surface area contributed by atoms with Crippen LogP contribution < -0.4 is 0 Å². The Kier molecular flexibility index (Phi) is 2.18. The van der Waals surface area contributed by atoms with Gasteiger partial charge in [-0.05, 0) is 35.4 Å². The molecule has 0 aliphatic carbocycles. The van der Waals surface area contributed by atoms with Crippen LogP contribution in [0.15, 0.2) is 36.4 Å². The van der Waals surface area contributed by atoms with Crippen LogP contribution in [0.4, 0.5) is 13.2 Å². The minimum absolute atomic E-state index is 0.593. The van der Waals surface area contributed by atoms with Gasteiger partial charge in [0.25, 0.3) is 0 Å². The Morgan fingerprint density at radius 3 is 2.40 bits per heavy atom. The summed E-state index contributed by atoms with van der Waals surface area (Å²) < 4.78 is 37.3. The van der Waals surface area contributed by atoms with Gasteiger partial charge in [0.05, 0.1) is 5.56 Å². The van der Waals surface area contributed by atoms with Crippen molar-refractivity contribution in [3.63, 3.8) is 0 Å². The first-order valence-electron chi connectivity index (χ1n) is 4.55. The number of fused-ring (bicyclic) bond motifs is 1. The molecule has 0 unspecified atom stereocenters. The Morgan fingerprint density at radius 1 is 1.00 bits per heavy atom. The van der Waals surface area contributed by atoms with E-state index >= 15 is 0 Å². The van der Waals surface area contributed by atoms with E-state index in [0.717, 1.165) is 17.0 Å². The second kappa shape index (κ2) is 3.26. The van der Waals surface area contributed by atoms with Crippen molar-refractivity contribution < 1.29 is 13.2 Å². The van der Waals surface area contributed by atoms with Crippen molar-refractivity contribution in [2.24, 2.45) is 0 Å². The fraction of sp³-hybridized carbons (Fsp3) is 0.167. The van der Waals surface area contributed by atoms with Crippen molar-refractivity contribution in [3.8, 4) is 0 Å². The number of benzene rings is 2. The van der Waals surface area contributed by atoms with Crippen molar-refractivity contribution in [1.82, 2.24) is 0 Å². The van der Waals surface area contributed by atoms with E-state index in [1.807, 2.05) is 25.1 Å².